The number of halogens is 1. The summed E-state index contributed by atoms with van der Waals surface area (Å²) in [7, 11) is 0. The van der Waals surface area contributed by atoms with Crippen LogP contribution in [0.15, 0.2) is 79.0 Å². The Morgan fingerprint density at radius 3 is 2.53 bits per heavy atom. The zero-order chi connectivity index (χ0) is 20.7. The van der Waals surface area contributed by atoms with Crippen molar-refractivity contribution in [2.45, 2.75) is 5.60 Å². The Balaban J connectivity index is 1.47. The minimum atomic E-state index is -1.75. The molecule has 30 heavy (non-hydrogen) atoms. The molecule has 1 aromatic heterocycles. The molecule has 6 heteroatoms. The second kappa shape index (κ2) is 7.20. The highest BCUT2D eigenvalue weighted by Gasteiger charge is 2.51. The molecule has 0 unspecified atom stereocenters. The number of amides is 1. The monoisotopic (exact) mass is 418 g/mol. The van der Waals surface area contributed by atoms with E-state index in [1.807, 2.05) is 42.5 Å². The van der Waals surface area contributed by atoms with Gasteiger partial charge in [0, 0.05) is 33.2 Å². The van der Waals surface area contributed by atoms with E-state index in [9.17, 15) is 9.90 Å². The van der Waals surface area contributed by atoms with Crippen molar-refractivity contribution in [2.75, 3.05) is 18.1 Å². The van der Waals surface area contributed by atoms with Crippen molar-refractivity contribution in [1.29, 1.82) is 0 Å². The number of H-pyrrole nitrogens is 1. The number of fused-ring (bicyclic) bond motifs is 2. The van der Waals surface area contributed by atoms with Crippen LogP contribution in [0.3, 0.4) is 0 Å². The van der Waals surface area contributed by atoms with Gasteiger partial charge >= 0.3 is 0 Å². The van der Waals surface area contributed by atoms with E-state index in [1.165, 1.54) is 0 Å². The average Bonchev–Trinajstić information content (AvgIpc) is 3.30. The van der Waals surface area contributed by atoms with Crippen molar-refractivity contribution in [3.63, 3.8) is 0 Å². The number of ether oxygens (including phenoxy) is 1. The molecule has 1 atom stereocenters. The first-order valence-electron chi connectivity index (χ1n) is 9.68. The largest absolute Gasteiger partial charge is 0.492 e. The Bertz CT molecular complexity index is 1230. The van der Waals surface area contributed by atoms with Crippen LogP contribution in [0.25, 0.3) is 10.9 Å². The van der Waals surface area contributed by atoms with Gasteiger partial charge in [0.05, 0.1) is 12.2 Å². The van der Waals surface area contributed by atoms with Crippen molar-refractivity contribution in [3.8, 4) is 5.75 Å². The van der Waals surface area contributed by atoms with Gasteiger partial charge in [0.2, 0.25) is 0 Å². The van der Waals surface area contributed by atoms with Gasteiger partial charge in [0.1, 0.15) is 12.4 Å². The van der Waals surface area contributed by atoms with Crippen molar-refractivity contribution >= 4 is 34.1 Å². The van der Waals surface area contributed by atoms with Crippen LogP contribution in [0.5, 0.6) is 5.75 Å². The number of carbonyl (C=O) groups is 1. The molecule has 0 spiro atoms. The molecule has 5 nitrogen and oxygen atoms in total. The van der Waals surface area contributed by atoms with Crippen LogP contribution >= 0.6 is 11.6 Å². The molecule has 1 amide bonds. The first kappa shape index (κ1) is 18.7. The average molecular weight is 419 g/mol. The fourth-order valence-corrected chi connectivity index (χ4v) is 4.20. The first-order valence-corrected chi connectivity index (χ1v) is 10.1. The van der Waals surface area contributed by atoms with E-state index in [0.29, 0.717) is 34.1 Å². The van der Waals surface area contributed by atoms with E-state index in [1.54, 1.807) is 41.4 Å². The minimum absolute atomic E-state index is 0.283. The Kier molecular flexibility index (Phi) is 4.50. The van der Waals surface area contributed by atoms with E-state index in [-0.39, 0.29) is 12.5 Å². The molecule has 2 heterocycles. The van der Waals surface area contributed by atoms with Gasteiger partial charge in [-0.1, -0.05) is 48.0 Å². The lowest BCUT2D eigenvalue weighted by molar-refractivity contribution is -0.132. The lowest BCUT2D eigenvalue weighted by atomic mass is 9.87. The van der Waals surface area contributed by atoms with Crippen molar-refractivity contribution < 1.29 is 14.6 Å². The van der Waals surface area contributed by atoms with Gasteiger partial charge < -0.3 is 19.7 Å². The van der Waals surface area contributed by atoms with E-state index >= 15 is 0 Å². The Morgan fingerprint density at radius 2 is 1.70 bits per heavy atom. The normalized spacial score (nSPS) is 18.1. The van der Waals surface area contributed by atoms with Gasteiger partial charge in [0.15, 0.2) is 5.60 Å². The maximum Gasteiger partial charge on any atom is 0.268 e. The standard InChI is InChI=1S/C24H19ClN2O3/c25-16-9-11-17(12-10-16)30-14-13-27-22-8-4-2-6-19(22)24(29,23(27)28)20-15-26-21-7-3-1-5-18(20)21/h1-12,15,26,29H,13-14H2/t24-/m1/s1. The summed E-state index contributed by atoms with van der Waals surface area (Å²) in [5, 5.41) is 13.2. The van der Waals surface area contributed by atoms with Crippen LogP contribution in [0.1, 0.15) is 11.1 Å². The molecule has 0 saturated carbocycles. The molecular weight excluding hydrogens is 400 g/mol. The summed E-state index contributed by atoms with van der Waals surface area (Å²) in [6, 6.07) is 22.0. The molecule has 1 aliphatic heterocycles. The van der Waals surface area contributed by atoms with E-state index in [4.69, 9.17) is 16.3 Å². The second-order valence-electron chi connectivity index (χ2n) is 7.23. The molecule has 3 aromatic carbocycles. The van der Waals surface area contributed by atoms with Gasteiger partial charge in [-0.25, -0.2) is 0 Å². The molecule has 0 aliphatic carbocycles. The highest BCUT2D eigenvalue weighted by molar-refractivity contribution is 6.30. The summed E-state index contributed by atoms with van der Waals surface area (Å²) in [4.78, 5) is 18.3. The van der Waals surface area contributed by atoms with E-state index < -0.39 is 5.60 Å². The predicted molar refractivity (Wildman–Crippen MR) is 117 cm³/mol. The number of benzene rings is 3. The molecule has 4 aromatic rings. The summed E-state index contributed by atoms with van der Waals surface area (Å²) in [5.74, 6) is 0.291. The Hall–Kier alpha value is -3.28. The zero-order valence-corrected chi connectivity index (χ0v) is 16.8. The topological polar surface area (TPSA) is 65.6 Å². The van der Waals surface area contributed by atoms with Crippen LogP contribution in [0.4, 0.5) is 5.69 Å². The number of aliphatic hydroxyl groups is 1. The van der Waals surface area contributed by atoms with Crippen molar-refractivity contribution in [1.82, 2.24) is 4.98 Å². The number of anilines is 1. The smallest absolute Gasteiger partial charge is 0.268 e. The molecule has 0 fully saturated rings. The number of hydrogen-bond donors (Lipinski definition) is 2. The number of aromatic nitrogens is 1. The highest BCUT2D eigenvalue weighted by Crippen LogP contribution is 2.46. The number of nitrogens with zero attached hydrogens (tertiary/aromatic N) is 1. The first-order chi connectivity index (χ1) is 14.6. The number of rotatable bonds is 5. The van der Waals surface area contributed by atoms with Gasteiger partial charge in [-0.15, -0.1) is 0 Å². The molecule has 0 radical (unpaired) electrons. The molecule has 2 N–H and O–H groups in total. The fourth-order valence-electron chi connectivity index (χ4n) is 4.07. The quantitative estimate of drug-likeness (QED) is 0.502. The lowest BCUT2D eigenvalue weighted by Crippen LogP contribution is -2.42. The predicted octanol–water partition coefficient (Wildman–Crippen LogP) is 4.48. The van der Waals surface area contributed by atoms with Crippen LogP contribution in [-0.4, -0.2) is 29.1 Å². The van der Waals surface area contributed by atoms with Gasteiger partial charge in [0.25, 0.3) is 5.91 Å². The zero-order valence-electron chi connectivity index (χ0n) is 16.0. The van der Waals surface area contributed by atoms with E-state index in [0.717, 1.165) is 10.9 Å². The third-order valence-corrected chi connectivity index (χ3v) is 5.77. The molecule has 1 aliphatic rings. The molecule has 0 bridgehead atoms. The van der Waals surface area contributed by atoms with Crippen molar-refractivity contribution in [2.24, 2.45) is 0 Å². The van der Waals surface area contributed by atoms with Gasteiger partial charge in [-0.05, 0) is 36.4 Å². The summed E-state index contributed by atoms with van der Waals surface area (Å²) in [5.41, 5.74) is 0.935. The van der Waals surface area contributed by atoms with E-state index in [2.05, 4.69) is 4.98 Å². The number of nitrogens with one attached hydrogen (secondary N) is 1. The molecule has 150 valence electrons. The van der Waals surface area contributed by atoms with Crippen LogP contribution in [-0.2, 0) is 10.4 Å². The Morgan fingerprint density at radius 1 is 0.967 bits per heavy atom. The van der Waals surface area contributed by atoms with Gasteiger partial charge in [-0.2, -0.15) is 0 Å². The van der Waals surface area contributed by atoms with Crippen LogP contribution in [0.2, 0.25) is 5.02 Å². The SMILES string of the molecule is O=C1N(CCOc2ccc(Cl)cc2)c2ccccc2[C@@]1(O)c1c[nH]c2ccccc12. The third kappa shape index (κ3) is 2.86. The fraction of sp³-hybridized carbons (Fsp3) is 0.125. The summed E-state index contributed by atoms with van der Waals surface area (Å²) >= 11 is 5.91. The maximum atomic E-state index is 13.5. The third-order valence-electron chi connectivity index (χ3n) is 5.52. The minimum Gasteiger partial charge on any atom is -0.492 e. The van der Waals surface area contributed by atoms with Crippen LogP contribution in [0, 0.1) is 0 Å². The molecular formula is C24H19ClN2O3. The summed E-state index contributed by atoms with van der Waals surface area (Å²) in [6.45, 7) is 0.592. The number of carbonyl (C=O) groups excluding carboxylic acids is 1. The summed E-state index contributed by atoms with van der Waals surface area (Å²) < 4.78 is 5.78. The van der Waals surface area contributed by atoms with Crippen molar-refractivity contribution in [3.05, 3.63) is 95.1 Å². The maximum absolute atomic E-state index is 13.5. The molecule has 0 saturated heterocycles. The number of hydrogen-bond acceptors (Lipinski definition) is 3. The lowest BCUT2D eigenvalue weighted by Gasteiger charge is -2.23. The highest BCUT2D eigenvalue weighted by atomic mass is 35.5. The van der Waals surface area contributed by atoms with Crippen LogP contribution < -0.4 is 9.64 Å². The Labute approximate surface area is 178 Å². The van der Waals surface area contributed by atoms with Gasteiger partial charge in [-0.3, -0.25) is 4.79 Å². The second-order valence-corrected chi connectivity index (χ2v) is 7.67. The molecule has 5 rings (SSSR count). The number of para-hydroxylation sites is 2. The summed E-state index contributed by atoms with van der Waals surface area (Å²) in [6.07, 6.45) is 1.72. The number of aromatic amines is 1.